The fraction of sp³-hybridized carbons (Fsp3) is 0.944. The Hall–Kier alpha value is -0.320. The molecule has 2 rings (SSSR count). The van der Waals surface area contributed by atoms with Gasteiger partial charge in [0.15, 0.2) is 0 Å². The molecule has 23 heavy (non-hydrogen) atoms. The Kier molecular flexibility index (Phi) is 8.32. The van der Waals surface area contributed by atoms with E-state index in [1.54, 1.807) is 0 Å². The maximum atomic E-state index is 12.6. The molecular formula is C18H35ClN2O2. The lowest BCUT2D eigenvalue weighted by molar-refractivity contribution is -0.128. The summed E-state index contributed by atoms with van der Waals surface area (Å²) < 4.78 is 0. The van der Waals surface area contributed by atoms with Crippen molar-refractivity contribution in [1.29, 1.82) is 0 Å². The van der Waals surface area contributed by atoms with E-state index in [0.717, 1.165) is 32.1 Å². The smallest absolute Gasteiger partial charge is 0.223 e. The summed E-state index contributed by atoms with van der Waals surface area (Å²) in [6.45, 7) is 5.18. The molecule has 2 unspecified atom stereocenters. The first-order chi connectivity index (χ1) is 10.5. The molecule has 2 fully saturated rings. The molecule has 0 spiro atoms. The van der Waals surface area contributed by atoms with Crippen LogP contribution < -0.4 is 11.1 Å². The number of halogens is 1. The number of amides is 1. The van der Waals surface area contributed by atoms with Crippen molar-refractivity contribution >= 4 is 18.3 Å². The average molecular weight is 347 g/mol. The minimum absolute atomic E-state index is 0. The molecule has 136 valence electrons. The molecule has 5 heteroatoms. The molecule has 0 aliphatic heterocycles. The Morgan fingerprint density at radius 1 is 1.22 bits per heavy atom. The summed E-state index contributed by atoms with van der Waals surface area (Å²) in [5.74, 6) is 1.45. The number of hydrogen-bond donors (Lipinski definition) is 3. The van der Waals surface area contributed by atoms with Crippen molar-refractivity contribution in [2.45, 2.75) is 71.3 Å². The molecule has 2 bridgehead atoms. The quantitative estimate of drug-likeness (QED) is 0.663. The highest BCUT2D eigenvalue weighted by molar-refractivity contribution is 5.85. The highest BCUT2D eigenvalue weighted by Gasteiger charge is 2.40. The van der Waals surface area contributed by atoms with Gasteiger partial charge in [-0.3, -0.25) is 4.79 Å². The van der Waals surface area contributed by atoms with Crippen molar-refractivity contribution in [1.82, 2.24) is 5.32 Å². The zero-order chi connectivity index (χ0) is 16.2. The Labute approximate surface area is 147 Å². The lowest BCUT2D eigenvalue weighted by Crippen LogP contribution is -2.50. The van der Waals surface area contributed by atoms with Crippen molar-refractivity contribution in [3.63, 3.8) is 0 Å². The van der Waals surface area contributed by atoms with Crippen LogP contribution in [0.4, 0.5) is 0 Å². The van der Waals surface area contributed by atoms with Crippen LogP contribution in [0.2, 0.25) is 0 Å². The van der Waals surface area contributed by atoms with Gasteiger partial charge >= 0.3 is 0 Å². The number of rotatable bonds is 7. The lowest BCUT2D eigenvalue weighted by atomic mass is 9.65. The molecule has 2 aliphatic carbocycles. The first kappa shape index (κ1) is 20.7. The average Bonchev–Trinajstić information content (AvgIpc) is 2.51. The zero-order valence-electron chi connectivity index (χ0n) is 14.7. The van der Waals surface area contributed by atoms with E-state index in [-0.39, 0.29) is 36.3 Å². The van der Waals surface area contributed by atoms with E-state index in [9.17, 15) is 9.90 Å². The number of nitrogens with two attached hydrogens (primary N) is 1. The van der Waals surface area contributed by atoms with Gasteiger partial charge in [0.1, 0.15) is 0 Å². The largest absolute Gasteiger partial charge is 0.396 e. The van der Waals surface area contributed by atoms with Crippen molar-refractivity contribution in [2.24, 2.45) is 28.9 Å². The van der Waals surface area contributed by atoms with Gasteiger partial charge in [-0.05, 0) is 62.2 Å². The highest BCUT2D eigenvalue weighted by atomic mass is 35.5. The third kappa shape index (κ3) is 4.83. The lowest BCUT2D eigenvalue weighted by Gasteiger charge is -2.43. The molecule has 4 N–H and O–H groups in total. The summed E-state index contributed by atoms with van der Waals surface area (Å²) >= 11 is 0. The summed E-state index contributed by atoms with van der Waals surface area (Å²) in [7, 11) is 0. The maximum absolute atomic E-state index is 12.6. The minimum atomic E-state index is 0. The van der Waals surface area contributed by atoms with E-state index < -0.39 is 0 Å². The molecular weight excluding hydrogens is 312 g/mol. The monoisotopic (exact) mass is 346 g/mol. The SMILES string of the molecule is CCC(CC)(CCO)CNC(=O)C1CC2CCCC(C1)C2N.Cl. The second-order valence-electron chi connectivity index (χ2n) is 7.60. The van der Waals surface area contributed by atoms with Crippen molar-refractivity contribution in [3.8, 4) is 0 Å². The number of carbonyl (C=O) groups is 1. The Morgan fingerprint density at radius 2 is 1.78 bits per heavy atom. The predicted octanol–water partition coefficient (Wildman–Crippen LogP) is 2.87. The summed E-state index contributed by atoms with van der Waals surface area (Å²) in [5, 5.41) is 12.5. The van der Waals surface area contributed by atoms with Crippen LogP contribution in [0.3, 0.4) is 0 Å². The van der Waals surface area contributed by atoms with Crippen molar-refractivity contribution in [2.75, 3.05) is 13.2 Å². The van der Waals surface area contributed by atoms with Gasteiger partial charge < -0.3 is 16.2 Å². The molecule has 0 saturated heterocycles. The van der Waals surface area contributed by atoms with Crippen LogP contribution in [-0.4, -0.2) is 30.2 Å². The molecule has 0 heterocycles. The Balaban J connectivity index is 0.00000264. The predicted molar refractivity (Wildman–Crippen MR) is 96.5 cm³/mol. The standard InChI is InChI=1S/C18H34N2O2.ClH/c1-3-18(4-2,8-9-21)12-20-17(22)15-10-13-6-5-7-14(11-15)16(13)19;/h13-16,21H,3-12,19H2,1-2H3,(H,20,22);1H. The van der Waals surface area contributed by atoms with Crippen LogP contribution in [0.5, 0.6) is 0 Å². The van der Waals surface area contributed by atoms with E-state index in [2.05, 4.69) is 19.2 Å². The first-order valence-corrected chi connectivity index (χ1v) is 9.19. The van der Waals surface area contributed by atoms with Gasteiger partial charge in [0, 0.05) is 25.1 Å². The molecule has 2 atom stereocenters. The van der Waals surface area contributed by atoms with Crippen LogP contribution >= 0.6 is 12.4 Å². The third-order valence-electron chi connectivity index (χ3n) is 6.56. The summed E-state index contributed by atoms with van der Waals surface area (Å²) in [4.78, 5) is 12.6. The topological polar surface area (TPSA) is 75.3 Å². The Bertz CT molecular complexity index is 360. The molecule has 2 aliphatic rings. The highest BCUT2D eigenvalue weighted by Crippen LogP contribution is 2.42. The maximum Gasteiger partial charge on any atom is 0.223 e. The van der Waals surface area contributed by atoms with Gasteiger partial charge in [0.2, 0.25) is 5.91 Å². The third-order valence-corrected chi connectivity index (χ3v) is 6.56. The molecule has 1 amide bonds. The summed E-state index contributed by atoms with van der Waals surface area (Å²) in [5.41, 5.74) is 6.36. The van der Waals surface area contributed by atoms with E-state index >= 15 is 0 Å². The fourth-order valence-electron chi connectivity index (χ4n) is 4.60. The van der Waals surface area contributed by atoms with Gasteiger partial charge in [-0.25, -0.2) is 0 Å². The van der Waals surface area contributed by atoms with Gasteiger partial charge in [-0.1, -0.05) is 20.3 Å². The first-order valence-electron chi connectivity index (χ1n) is 9.19. The molecule has 4 nitrogen and oxygen atoms in total. The van der Waals surface area contributed by atoms with Crippen LogP contribution in [0.15, 0.2) is 0 Å². The van der Waals surface area contributed by atoms with Crippen LogP contribution in [0.1, 0.15) is 65.2 Å². The van der Waals surface area contributed by atoms with Crippen molar-refractivity contribution < 1.29 is 9.90 Å². The van der Waals surface area contributed by atoms with E-state index in [1.165, 1.54) is 19.3 Å². The van der Waals surface area contributed by atoms with Crippen LogP contribution in [0.25, 0.3) is 0 Å². The molecule has 0 aromatic carbocycles. The molecule has 2 saturated carbocycles. The van der Waals surface area contributed by atoms with Gasteiger partial charge in [0.05, 0.1) is 0 Å². The number of fused-ring (bicyclic) bond motifs is 2. The van der Waals surface area contributed by atoms with Gasteiger partial charge in [0.25, 0.3) is 0 Å². The van der Waals surface area contributed by atoms with Gasteiger partial charge in [-0.15, -0.1) is 12.4 Å². The number of aliphatic hydroxyl groups is 1. The summed E-state index contributed by atoms with van der Waals surface area (Å²) in [6, 6.07) is 0.317. The number of aliphatic hydroxyl groups excluding tert-OH is 1. The second-order valence-corrected chi connectivity index (χ2v) is 7.60. The van der Waals surface area contributed by atoms with Crippen LogP contribution in [0, 0.1) is 23.2 Å². The molecule has 0 aromatic rings. The number of hydrogen-bond acceptors (Lipinski definition) is 3. The van der Waals surface area contributed by atoms with E-state index in [4.69, 9.17) is 5.73 Å². The Morgan fingerprint density at radius 3 is 2.26 bits per heavy atom. The second kappa shape index (κ2) is 9.24. The summed E-state index contributed by atoms with van der Waals surface area (Å²) in [6.07, 6.45) is 8.35. The molecule has 0 radical (unpaired) electrons. The molecule has 0 aromatic heterocycles. The zero-order valence-corrected chi connectivity index (χ0v) is 15.5. The normalized spacial score (nSPS) is 30.4. The number of nitrogens with one attached hydrogen (secondary N) is 1. The fourth-order valence-corrected chi connectivity index (χ4v) is 4.60. The van der Waals surface area contributed by atoms with E-state index in [0.29, 0.717) is 24.4 Å². The van der Waals surface area contributed by atoms with E-state index in [1.807, 2.05) is 0 Å². The van der Waals surface area contributed by atoms with Crippen LogP contribution in [-0.2, 0) is 4.79 Å². The van der Waals surface area contributed by atoms with Crippen molar-refractivity contribution in [3.05, 3.63) is 0 Å². The van der Waals surface area contributed by atoms with Gasteiger partial charge in [-0.2, -0.15) is 0 Å². The minimum Gasteiger partial charge on any atom is -0.396 e. The number of carbonyl (C=O) groups excluding carboxylic acids is 1.